The minimum absolute atomic E-state index is 0.565. The third kappa shape index (κ3) is 2.04. The van der Waals surface area contributed by atoms with Crippen molar-refractivity contribution in [2.75, 3.05) is 6.61 Å². The summed E-state index contributed by atoms with van der Waals surface area (Å²) < 4.78 is 8.31. The fourth-order valence-corrected chi connectivity index (χ4v) is 3.47. The van der Waals surface area contributed by atoms with Crippen LogP contribution in [-0.4, -0.2) is 6.61 Å². The molecule has 0 bridgehead atoms. The maximum absolute atomic E-state index is 5.61. The van der Waals surface area contributed by atoms with Crippen LogP contribution in [0.1, 0.15) is 15.9 Å². The van der Waals surface area contributed by atoms with Gasteiger partial charge in [-0.05, 0) is 34.5 Å². The third-order valence-corrected chi connectivity index (χ3v) is 4.33. The fourth-order valence-electron chi connectivity index (χ4n) is 1.39. The van der Waals surface area contributed by atoms with E-state index < -0.39 is 0 Å². The van der Waals surface area contributed by atoms with Gasteiger partial charge in [-0.25, -0.2) is 0 Å². The number of halogens is 3. The molecule has 0 saturated carbocycles. The van der Waals surface area contributed by atoms with Gasteiger partial charge in [-0.15, -0.1) is 0 Å². The quantitative estimate of drug-likeness (QED) is 0.447. The standard InChI is InChI=1S/C9H7Br2IO/c10-5-3-6-8(12)1-2-13-9(6)7(11)4-5/h3-4,8H,1-2H2. The van der Waals surface area contributed by atoms with Crippen LogP contribution in [0.25, 0.3) is 0 Å². The van der Waals surface area contributed by atoms with Crippen LogP contribution in [0.5, 0.6) is 5.75 Å². The molecule has 4 heteroatoms. The molecule has 70 valence electrons. The largest absolute Gasteiger partial charge is 0.492 e. The van der Waals surface area contributed by atoms with Crippen molar-refractivity contribution in [3.05, 3.63) is 26.6 Å². The molecule has 0 radical (unpaired) electrons. The number of hydrogen-bond donors (Lipinski definition) is 0. The average Bonchev–Trinajstić information content (AvgIpc) is 2.07. The van der Waals surface area contributed by atoms with E-state index in [4.69, 9.17) is 4.74 Å². The van der Waals surface area contributed by atoms with E-state index >= 15 is 0 Å². The first-order valence-corrected chi connectivity index (χ1v) is 6.77. The van der Waals surface area contributed by atoms with Crippen molar-refractivity contribution in [2.24, 2.45) is 0 Å². The summed E-state index contributed by atoms with van der Waals surface area (Å²) in [5.41, 5.74) is 1.29. The van der Waals surface area contributed by atoms with Gasteiger partial charge in [-0.3, -0.25) is 0 Å². The van der Waals surface area contributed by atoms with E-state index in [2.05, 4.69) is 60.5 Å². The smallest absolute Gasteiger partial charge is 0.137 e. The van der Waals surface area contributed by atoms with Crippen molar-refractivity contribution in [1.82, 2.24) is 0 Å². The van der Waals surface area contributed by atoms with Gasteiger partial charge in [-0.2, -0.15) is 0 Å². The van der Waals surface area contributed by atoms with Crippen LogP contribution in [-0.2, 0) is 0 Å². The molecule has 1 aliphatic rings. The monoisotopic (exact) mass is 416 g/mol. The maximum Gasteiger partial charge on any atom is 0.137 e. The lowest BCUT2D eigenvalue weighted by molar-refractivity contribution is 0.287. The fraction of sp³-hybridized carbons (Fsp3) is 0.333. The Hall–Kier alpha value is 0.710. The molecule has 1 unspecified atom stereocenters. The van der Waals surface area contributed by atoms with E-state index in [-0.39, 0.29) is 0 Å². The van der Waals surface area contributed by atoms with Crippen molar-refractivity contribution < 1.29 is 4.74 Å². The molecule has 1 nitrogen and oxygen atoms in total. The zero-order valence-electron chi connectivity index (χ0n) is 6.69. The Morgan fingerprint density at radius 1 is 1.38 bits per heavy atom. The van der Waals surface area contributed by atoms with Gasteiger partial charge in [0.25, 0.3) is 0 Å². The lowest BCUT2D eigenvalue weighted by Gasteiger charge is -2.23. The maximum atomic E-state index is 5.61. The van der Waals surface area contributed by atoms with Crippen LogP contribution >= 0.6 is 54.5 Å². The van der Waals surface area contributed by atoms with Crippen LogP contribution in [0, 0.1) is 0 Å². The number of alkyl halides is 1. The first kappa shape index (κ1) is 10.2. The number of ether oxygens (including phenoxy) is 1. The summed E-state index contributed by atoms with van der Waals surface area (Å²) in [4.78, 5) is 0. The van der Waals surface area contributed by atoms with Crippen LogP contribution in [0.2, 0.25) is 0 Å². The molecule has 2 rings (SSSR count). The van der Waals surface area contributed by atoms with E-state index in [9.17, 15) is 0 Å². The van der Waals surface area contributed by atoms with E-state index in [0.717, 1.165) is 27.7 Å². The van der Waals surface area contributed by atoms with Crippen LogP contribution in [0.4, 0.5) is 0 Å². The summed E-state index contributed by atoms with van der Waals surface area (Å²) >= 11 is 9.44. The molecule has 1 heterocycles. The Morgan fingerprint density at radius 2 is 2.15 bits per heavy atom. The molecule has 0 saturated heterocycles. The summed E-state index contributed by atoms with van der Waals surface area (Å²) in [7, 11) is 0. The van der Waals surface area contributed by atoms with Gasteiger partial charge in [0.15, 0.2) is 0 Å². The second-order valence-corrected chi connectivity index (χ2v) is 6.18. The SMILES string of the molecule is Brc1cc(Br)c2c(c1)C(I)CCO2. The van der Waals surface area contributed by atoms with Gasteiger partial charge >= 0.3 is 0 Å². The van der Waals surface area contributed by atoms with Crippen LogP contribution in [0.3, 0.4) is 0 Å². The summed E-state index contributed by atoms with van der Waals surface area (Å²) in [6.07, 6.45) is 1.09. The highest BCUT2D eigenvalue weighted by Crippen LogP contribution is 2.43. The van der Waals surface area contributed by atoms with Crippen molar-refractivity contribution in [3.8, 4) is 5.75 Å². The van der Waals surface area contributed by atoms with E-state index in [1.807, 2.05) is 6.07 Å². The topological polar surface area (TPSA) is 9.23 Å². The molecule has 0 N–H and O–H groups in total. The van der Waals surface area contributed by atoms with Gasteiger partial charge in [0.05, 0.1) is 11.1 Å². The third-order valence-electron chi connectivity index (χ3n) is 1.99. The lowest BCUT2D eigenvalue weighted by atomic mass is 10.1. The van der Waals surface area contributed by atoms with Gasteiger partial charge < -0.3 is 4.74 Å². The number of rotatable bonds is 0. The highest BCUT2D eigenvalue weighted by atomic mass is 127. The molecule has 0 spiro atoms. The van der Waals surface area contributed by atoms with Gasteiger partial charge in [-0.1, -0.05) is 38.5 Å². The summed E-state index contributed by atoms with van der Waals surface area (Å²) in [5, 5.41) is 0. The predicted molar refractivity (Wildman–Crippen MR) is 68.7 cm³/mol. The Labute approximate surface area is 108 Å². The molecule has 1 aliphatic heterocycles. The molecule has 0 aliphatic carbocycles. The van der Waals surface area contributed by atoms with Gasteiger partial charge in [0.1, 0.15) is 5.75 Å². The van der Waals surface area contributed by atoms with E-state index in [1.54, 1.807) is 0 Å². The molecule has 1 aromatic rings. The predicted octanol–water partition coefficient (Wildman–Crippen LogP) is 4.47. The zero-order chi connectivity index (χ0) is 9.42. The summed E-state index contributed by atoms with van der Waals surface area (Å²) in [6.45, 7) is 0.820. The molecule has 1 aromatic carbocycles. The lowest BCUT2D eigenvalue weighted by Crippen LogP contribution is -2.10. The van der Waals surface area contributed by atoms with Crippen LogP contribution in [0.15, 0.2) is 21.1 Å². The zero-order valence-corrected chi connectivity index (χ0v) is 12.0. The van der Waals surface area contributed by atoms with E-state index in [1.165, 1.54) is 5.56 Å². The van der Waals surface area contributed by atoms with Crippen molar-refractivity contribution in [1.29, 1.82) is 0 Å². The van der Waals surface area contributed by atoms with Gasteiger partial charge in [0, 0.05) is 14.0 Å². The Morgan fingerprint density at radius 3 is 2.92 bits per heavy atom. The normalized spacial score (nSPS) is 20.7. The minimum atomic E-state index is 0.565. The molecule has 0 fully saturated rings. The number of fused-ring (bicyclic) bond motifs is 1. The number of hydrogen-bond acceptors (Lipinski definition) is 1. The minimum Gasteiger partial charge on any atom is -0.492 e. The second kappa shape index (κ2) is 4.06. The molecular weight excluding hydrogens is 411 g/mol. The Bertz CT molecular complexity index is 341. The number of benzene rings is 1. The van der Waals surface area contributed by atoms with Crippen molar-refractivity contribution in [2.45, 2.75) is 10.3 Å². The molecule has 0 amide bonds. The first-order chi connectivity index (χ1) is 6.18. The average molecular weight is 418 g/mol. The molecule has 1 atom stereocenters. The summed E-state index contributed by atoms with van der Waals surface area (Å²) in [5.74, 6) is 1.01. The highest BCUT2D eigenvalue weighted by molar-refractivity contribution is 14.1. The highest BCUT2D eigenvalue weighted by Gasteiger charge is 2.21. The Kier molecular flexibility index (Phi) is 3.20. The van der Waals surface area contributed by atoms with E-state index in [0.29, 0.717) is 3.92 Å². The Balaban J connectivity index is 2.56. The molecule has 13 heavy (non-hydrogen) atoms. The van der Waals surface area contributed by atoms with Gasteiger partial charge in [0.2, 0.25) is 0 Å². The first-order valence-electron chi connectivity index (χ1n) is 3.94. The summed E-state index contributed by atoms with van der Waals surface area (Å²) in [6, 6.07) is 4.16. The van der Waals surface area contributed by atoms with Crippen molar-refractivity contribution in [3.63, 3.8) is 0 Å². The van der Waals surface area contributed by atoms with Crippen LogP contribution < -0.4 is 4.74 Å². The molecule has 0 aromatic heterocycles. The molecular formula is C9H7Br2IO. The van der Waals surface area contributed by atoms with Crippen molar-refractivity contribution >= 4 is 54.5 Å². The second-order valence-electron chi connectivity index (χ2n) is 2.91.